The monoisotopic (exact) mass is 292 g/mol. The molecule has 1 atom stereocenters. The van der Waals surface area contributed by atoms with Crippen molar-refractivity contribution < 1.29 is 9.59 Å². The third kappa shape index (κ3) is 2.27. The van der Waals surface area contributed by atoms with Gasteiger partial charge in [-0.2, -0.15) is 0 Å². The highest BCUT2D eigenvalue weighted by Crippen LogP contribution is 2.47. The van der Waals surface area contributed by atoms with Crippen LogP contribution in [0.5, 0.6) is 0 Å². The Morgan fingerprint density at radius 3 is 2.24 bits per heavy atom. The number of carbonyl (C=O) groups is 2. The van der Waals surface area contributed by atoms with Gasteiger partial charge in [0.05, 0.1) is 0 Å². The number of amides is 2. The topological polar surface area (TPSA) is 49.4 Å². The summed E-state index contributed by atoms with van der Waals surface area (Å²) in [5.41, 5.74) is -1.28. The lowest BCUT2D eigenvalue weighted by atomic mass is 9.80. The van der Waals surface area contributed by atoms with E-state index >= 15 is 0 Å². The first-order chi connectivity index (χ1) is 9.98. The van der Waals surface area contributed by atoms with Crippen LogP contribution in [0.4, 0.5) is 0 Å². The zero-order chi connectivity index (χ0) is 15.3. The van der Waals surface area contributed by atoms with E-state index in [9.17, 15) is 9.59 Å². The maximum atomic E-state index is 13.1. The normalized spacial score (nSPS) is 32.2. The van der Waals surface area contributed by atoms with Crippen LogP contribution in [0.25, 0.3) is 0 Å². The number of nitrogens with zero attached hydrogens (tertiary/aromatic N) is 1. The van der Waals surface area contributed by atoms with Crippen molar-refractivity contribution in [3.8, 4) is 0 Å². The van der Waals surface area contributed by atoms with Crippen molar-refractivity contribution in [3.05, 3.63) is 0 Å². The summed E-state index contributed by atoms with van der Waals surface area (Å²) in [7, 11) is 0. The Morgan fingerprint density at radius 2 is 1.76 bits per heavy atom. The van der Waals surface area contributed by atoms with E-state index in [1.165, 1.54) is 12.8 Å². The highest BCUT2D eigenvalue weighted by molar-refractivity contribution is 6.02. The molecule has 2 aliphatic carbocycles. The molecular formula is C17H28N2O2. The standard InChI is InChI=1S/C17H28N2O2/c1-4-17(5-2)15(21)19(11-10-12-6-7-12)16(3,13-8-9-13)14(20)18-17/h12-13H,4-11H2,1-3H3,(H,18,20). The van der Waals surface area contributed by atoms with E-state index in [4.69, 9.17) is 0 Å². The molecule has 3 rings (SSSR count). The second-order valence-electron chi connectivity index (χ2n) is 7.35. The van der Waals surface area contributed by atoms with Gasteiger partial charge in [0, 0.05) is 6.54 Å². The molecule has 1 unspecified atom stereocenters. The molecule has 4 heteroatoms. The van der Waals surface area contributed by atoms with E-state index in [1.54, 1.807) is 0 Å². The Balaban J connectivity index is 1.89. The van der Waals surface area contributed by atoms with Crippen molar-refractivity contribution in [3.63, 3.8) is 0 Å². The van der Waals surface area contributed by atoms with Gasteiger partial charge in [0.15, 0.2) is 0 Å². The minimum atomic E-state index is -0.672. The van der Waals surface area contributed by atoms with Gasteiger partial charge in [-0.05, 0) is 50.9 Å². The zero-order valence-electron chi connectivity index (χ0n) is 13.6. The summed E-state index contributed by atoms with van der Waals surface area (Å²) in [5.74, 6) is 1.36. The maximum Gasteiger partial charge on any atom is 0.249 e. The molecule has 2 amide bonds. The van der Waals surface area contributed by atoms with Crippen molar-refractivity contribution in [2.75, 3.05) is 6.54 Å². The second kappa shape index (κ2) is 4.99. The van der Waals surface area contributed by atoms with Crippen LogP contribution in [0.2, 0.25) is 0 Å². The van der Waals surface area contributed by atoms with E-state index in [-0.39, 0.29) is 11.8 Å². The highest BCUT2D eigenvalue weighted by Gasteiger charge is 2.60. The average Bonchev–Trinajstić information content (AvgIpc) is 3.35. The Kier molecular flexibility index (Phi) is 3.53. The lowest BCUT2D eigenvalue weighted by Gasteiger charge is -2.51. The molecule has 1 saturated heterocycles. The summed E-state index contributed by atoms with van der Waals surface area (Å²) in [6, 6.07) is 0. The van der Waals surface area contributed by atoms with E-state index in [1.807, 2.05) is 25.7 Å². The van der Waals surface area contributed by atoms with E-state index in [0.29, 0.717) is 18.8 Å². The summed E-state index contributed by atoms with van der Waals surface area (Å²) < 4.78 is 0. The van der Waals surface area contributed by atoms with Crippen LogP contribution in [-0.4, -0.2) is 34.3 Å². The molecule has 118 valence electrons. The minimum absolute atomic E-state index is 0.0732. The predicted molar refractivity (Wildman–Crippen MR) is 81.6 cm³/mol. The Labute approximate surface area is 127 Å². The van der Waals surface area contributed by atoms with Crippen LogP contribution >= 0.6 is 0 Å². The van der Waals surface area contributed by atoms with E-state index in [0.717, 1.165) is 31.7 Å². The van der Waals surface area contributed by atoms with Gasteiger partial charge >= 0.3 is 0 Å². The van der Waals surface area contributed by atoms with Crippen molar-refractivity contribution in [2.24, 2.45) is 11.8 Å². The first-order valence-electron chi connectivity index (χ1n) is 8.62. The smallest absolute Gasteiger partial charge is 0.249 e. The Hall–Kier alpha value is -1.06. The van der Waals surface area contributed by atoms with Gasteiger partial charge in [-0.15, -0.1) is 0 Å². The molecule has 1 heterocycles. The van der Waals surface area contributed by atoms with Gasteiger partial charge < -0.3 is 10.2 Å². The third-order valence-electron chi connectivity index (χ3n) is 6.07. The molecule has 0 radical (unpaired) electrons. The second-order valence-corrected chi connectivity index (χ2v) is 7.35. The van der Waals surface area contributed by atoms with Gasteiger partial charge in [-0.25, -0.2) is 0 Å². The molecule has 0 bridgehead atoms. The molecule has 3 fully saturated rings. The fourth-order valence-electron chi connectivity index (χ4n) is 3.82. The third-order valence-corrected chi connectivity index (χ3v) is 6.07. The average molecular weight is 292 g/mol. The Bertz CT molecular complexity index is 450. The fraction of sp³-hybridized carbons (Fsp3) is 0.882. The fourth-order valence-corrected chi connectivity index (χ4v) is 3.82. The predicted octanol–water partition coefficient (Wildman–Crippen LogP) is 2.47. The summed E-state index contributed by atoms with van der Waals surface area (Å²) >= 11 is 0. The van der Waals surface area contributed by atoms with Crippen LogP contribution in [0, 0.1) is 11.8 Å². The van der Waals surface area contributed by atoms with Crippen LogP contribution in [-0.2, 0) is 9.59 Å². The molecule has 4 nitrogen and oxygen atoms in total. The minimum Gasteiger partial charge on any atom is -0.340 e. The van der Waals surface area contributed by atoms with E-state index < -0.39 is 11.1 Å². The van der Waals surface area contributed by atoms with Crippen LogP contribution in [0.3, 0.4) is 0 Å². The molecule has 0 spiro atoms. The molecular weight excluding hydrogens is 264 g/mol. The molecule has 0 aromatic rings. The van der Waals surface area contributed by atoms with Gasteiger partial charge in [-0.1, -0.05) is 26.7 Å². The summed E-state index contributed by atoms with van der Waals surface area (Å²) in [6.45, 7) is 6.74. The number of hydrogen-bond acceptors (Lipinski definition) is 2. The van der Waals surface area contributed by atoms with Gasteiger partial charge in [0.1, 0.15) is 11.1 Å². The molecule has 2 saturated carbocycles. The molecule has 21 heavy (non-hydrogen) atoms. The summed E-state index contributed by atoms with van der Waals surface area (Å²) in [4.78, 5) is 27.9. The summed E-state index contributed by atoms with van der Waals surface area (Å²) in [5, 5.41) is 3.09. The first kappa shape index (κ1) is 14.9. The van der Waals surface area contributed by atoms with Crippen LogP contribution in [0.1, 0.15) is 65.7 Å². The molecule has 3 aliphatic rings. The number of carbonyl (C=O) groups excluding carboxylic acids is 2. The van der Waals surface area contributed by atoms with Gasteiger partial charge in [0.25, 0.3) is 0 Å². The summed E-state index contributed by atoms with van der Waals surface area (Å²) in [6.07, 6.45) is 7.14. The molecule has 1 aliphatic heterocycles. The van der Waals surface area contributed by atoms with Gasteiger partial charge in [-0.3, -0.25) is 9.59 Å². The van der Waals surface area contributed by atoms with Gasteiger partial charge in [0.2, 0.25) is 11.8 Å². The van der Waals surface area contributed by atoms with Crippen LogP contribution < -0.4 is 5.32 Å². The lowest BCUT2D eigenvalue weighted by Crippen LogP contribution is -2.75. The molecule has 0 aromatic carbocycles. The molecule has 1 N–H and O–H groups in total. The SMILES string of the molecule is CCC1(CC)NC(=O)C(C)(C2CC2)N(CCC2CC2)C1=O. The zero-order valence-corrected chi connectivity index (χ0v) is 13.6. The molecule has 0 aromatic heterocycles. The van der Waals surface area contributed by atoms with Crippen LogP contribution in [0.15, 0.2) is 0 Å². The largest absolute Gasteiger partial charge is 0.340 e. The first-order valence-corrected chi connectivity index (χ1v) is 8.62. The number of nitrogens with one attached hydrogen (secondary N) is 1. The maximum absolute atomic E-state index is 13.1. The number of hydrogen-bond donors (Lipinski definition) is 1. The van der Waals surface area contributed by atoms with Crippen molar-refractivity contribution in [1.82, 2.24) is 10.2 Å². The lowest BCUT2D eigenvalue weighted by molar-refractivity contribution is -0.164. The number of piperazine rings is 1. The quantitative estimate of drug-likeness (QED) is 0.817. The van der Waals surface area contributed by atoms with Crippen molar-refractivity contribution in [1.29, 1.82) is 0 Å². The Morgan fingerprint density at radius 1 is 1.14 bits per heavy atom. The van der Waals surface area contributed by atoms with Crippen molar-refractivity contribution >= 4 is 11.8 Å². The van der Waals surface area contributed by atoms with E-state index in [2.05, 4.69) is 5.32 Å². The van der Waals surface area contributed by atoms with Crippen molar-refractivity contribution in [2.45, 2.75) is 76.8 Å². The number of rotatable bonds is 6. The highest BCUT2D eigenvalue weighted by atomic mass is 16.2.